The molecule has 1 amide bonds. The Kier molecular flexibility index (Phi) is 7.02. The van der Waals surface area contributed by atoms with E-state index in [2.05, 4.69) is 32.7 Å². The Morgan fingerprint density at radius 2 is 1.68 bits per heavy atom. The van der Waals surface area contributed by atoms with Gasteiger partial charge in [-0.1, -0.05) is 27.7 Å². The van der Waals surface area contributed by atoms with E-state index in [-0.39, 0.29) is 17.2 Å². The van der Waals surface area contributed by atoms with E-state index in [0.717, 1.165) is 12.8 Å². The smallest absolute Gasteiger partial charge is 0.335 e. The van der Waals surface area contributed by atoms with Gasteiger partial charge in [0.25, 0.3) is 5.91 Å². The van der Waals surface area contributed by atoms with Crippen LogP contribution in [0.15, 0.2) is 18.3 Å². The molecular formula is C17H26N2O3. The van der Waals surface area contributed by atoms with E-state index < -0.39 is 5.97 Å². The summed E-state index contributed by atoms with van der Waals surface area (Å²) in [6, 6.07) is 2.74. The number of carboxylic acid groups (broad SMARTS) is 1. The van der Waals surface area contributed by atoms with Crippen molar-refractivity contribution in [2.45, 2.75) is 40.5 Å². The Morgan fingerprint density at radius 1 is 1.14 bits per heavy atom. The van der Waals surface area contributed by atoms with Crippen LogP contribution in [0, 0.1) is 11.8 Å². The Bertz CT molecular complexity index is 500. The van der Waals surface area contributed by atoms with Crippen molar-refractivity contribution in [1.82, 2.24) is 9.88 Å². The molecule has 0 radical (unpaired) electrons. The Morgan fingerprint density at radius 3 is 2.14 bits per heavy atom. The van der Waals surface area contributed by atoms with Crippen molar-refractivity contribution in [3.63, 3.8) is 0 Å². The topological polar surface area (TPSA) is 70.5 Å². The first-order chi connectivity index (χ1) is 10.3. The summed E-state index contributed by atoms with van der Waals surface area (Å²) in [5, 5.41) is 9.03. The number of hydrogen-bond donors (Lipinski definition) is 1. The zero-order valence-corrected chi connectivity index (χ0v) is 13.9. The third-order valence-electron chi connectivity index (χ3n) is 3.47. The molecule has 0 aliphatic rings. The highest BCUT2D eigenvalue weighted by Crippen LogP contribution is 2.11. The average molecular weight is 306 g/mol. The van der Waals surface area contributed by atoms with Crippen LogP contribution in [0.25, 0.3) is 0 Å². The van der Waals surface area contributed by atoms with Gasteiger partial charge in [0.15, 0.2) is 0 Å². The van der Waals surface area contributed by atoms with Gasteiger partial charge in [0, 0.05) is 19.3 Å². The summed E-state index contributed by atoms with van der Waals surface area (Å²) in [6.07, 6.45) is 3.21. The number of hydrogen-bond acceptors (Lipinski definition) is 3. The standard InChI is InChI=1S/C17H26N2O3/c1-12(2)6-9-19(10-7-13(3)4)16(20)15-11-14(17(21)22)5-8-18-15/h5,8,11-13H,6-7,9-10H2,1-4H3,(H,21,22). The monoisotopic (exact) mass is 306 g/mol. The van der Waals surface area contributed by atoms with Crippen LogP contribution in [0.3, 0.4) is 0 Å². The normalized spacial score (nSPS) is 11.0. The second-order valence-corrected chi connectivity index (χ2v) is 6.39. The number of rotatable bonds is 8. The molecule has 5 nitrogen and oxygen atoms in total. The summed E-state index contributed by atoms with van der Waals surface area (Å²) in [5.41, 5.74) is 0.290. The van der Waals surface area contributed by atoms with Gasteiger partial charge in [-0.25, -0.2) is 4.79 Å². The zero-order chi connectivity index (χ0) is 16.7. The van der Waals surface area contributed by atoms with Gasteiger partial charge in [-0.2, -0.15) is 0 Å². The van der Waals surface area contributed by atoms with Crippen LogP contribution in [-0.4, -0.2) is 40.0 Å². The fourth-order valence-corrected chi connectivity index (χ4v) is 1.99. The summed E-state index contributed by atoms with van der Waals surface area (Å²) < 4.78 is 0. The van der Waals surface area contributed by atoms with Gasteiger partial charge in [-0.05, 0) is 36.8 Å². The van der Waals surface area contributed by atoms with Crippen molar-refractivity contribution in [3.05, 3.63) is 29.6 Å². The first kappa shape index (κ1) is 18.1. The van der Waals surface area contributed by atoms with Gasteiger partial charge < -0.3 is 10.0 Å². The Balaban J connectivity index is 2.89. The van der Waals surface area contributed by atoms with Crippen LogP contribution >= 0.6 is 0 Å². The molecule has 1 aromatic heterocycles. The molecule has 0 aliphatic carbocycles. The highest BCUT2D eigenvalue weighted by atomic mass is 16.4. The largest absolute Gasteiger partial charge is 0.478 e. The van der Waals surface area contributed by atoms with E-state index in [9.17, 15) is 9.59 Å². The summed E-state index contributed by atoms with van der Waals surface area (Å²) >= 11 is 0. The molecule has 0 unspecified atom stereocenters. The quantitative estimate of drug-likeness (QED) is 0.800. The summed E-state index contributed by atoms with van der Waals surface area (Å²) in [6.45, 7) is 9.82. The van der Waals surface area contributed by atoms with Gasteiger partial charge in [-0.15, -0.1) is 0 Å². The number of nitrogens with zero attached hydrogens (tertiary/aromatic N) is 2. The number of carboxylic acids is 1. The van der Waals surface area contributed by atoms with Gasteiger partial charge in [0.1, 0.15) is 5.69 Å². The molecule has 0 bridgehead atoms. The number of amides is 1. The second-order valence-electron chi connectivity index (χ2n) is 6.39. The van der Waals surface area contributed by atoms with Crippen LogP contribution in [0.5, 0.6) is 0 Å². The molecule has 1 aromatic rings. The third-order valence-corrected chi connectivity index (χ3v) is 3.47. The second kappa shape index (κ2) is 8.51. The number of pyridine rings is 1. The molecule has 0 saturated heterocycles. The van der Waals surface area contributed by atoms with Gasteiger partial charge in [-0.3, -0.25) is 9.78 Å². The lowest BCUT2D eigenvalue weighted by Gasteiger charge is -2.24. The minimum atomic E-state index is -1.05. The maximum Gasteiger partial charge on any atom is 0.335 e. The molecule has 1 heterocycles. The van der Waals surface area contributed by atoms with Crippen LogP contribution in [-0.2, 0) is 0 Å². The predicted molar refractivity (Wildman–Crippen MR) is 86.0 cm³/mol. The maximum atomic E-state index is 12.6. The van der Waals surface area contributed by atoms with Crippen molar-refractivity contribution in [2.75, 3.05) is 13.1 Å². The van der Waals surface area contributed by atoms with Crippen LogP contribution < -0.4 is 0 Å². The first-order valence-electron chi connectivity index (χ1n) is 7.79. The van der Waals surface area contributed by atoms with Crippen LogP contribution in [0.4, 0.5) is 0 Å². The van der Waals surface area contributed by atoms with Crippen molar-refractivity contribution in [1.29, 1.82) is 0 Å². The van der Waals surface area contributed by atoms with E-state index >= 15 is 0 Å². The minimum Gasteiger partial charge on any atom is -0.478 e. The van der Waals surface area contributed by atoms with E-state index in [0.29, 0.717) is 24.9 Å². The molecule has 0 spiro atoms. The van der Waals surface area contributed by atoms with Crippen molar-refractivity contribution in [2.24, 2.45) is 11.8 Å². The molecule has 22 heavy (non-hydrogen) atoms. The number of aromatic carboxylic acids is 1. The van der Waals surface area contributed by atoms with E-state index in [1.54, 1.807) is 4.90 Å². The van der Waals surface area contributed by atoms with Crippen molar-refractivity contribution in [3.8, 4) is 0 Å². The van der Waals surface area contributed by atoms with Crippen molar-refractivity contribution < 1.29 is 14.7 Å². The zero-order valence-electron chi connectivity index (χ0n) is 13.9. The van der Waals surface area contributed by atoms with Gasteiger partial charge in [0.05, 0.1) is 5.56 Å². The number of aromatic nitrogens is 1. The fourth-order valence-electron chi connectivity index (χ4n) is 1.99. The van der Waals surface area contributed by atoms with Crippen molar-refractivity contribution >= 4 is 11.9 Å². The maximum absolute atomic E-state index is 12.6. The molecule has 0 atom stereocenters. The molecule has 5 heteroatoms. The molecular weight excluding hydrogens is 280 g/mol. The lowest BCUT2D eigenvalue weighted by atomic mass is 10.1. The molecule has 1 rings (SSSR count). The van der Waals surface area contributed by atoms with Gasteiger partial charge >= 0.3 is 5.97 Å². The van der Waals surface area contributed by atoms with E-state index in [1.165, 1.54) is 18.3 Å². The highest BCUT2D eigenvalue weighted by molar-refractivity contribution is 5.95. The molecule has 122 valence electrons. The number of carbonyl (C=O) groups excluding carboxylic acids is 1. The SMILES string of the molecule is CC(C)CCN(CCC(C)C)C(=O)c1cc(C(=O)O)ccn1. The minimum absolute atomic E-state index is 0.0889. The molecule has 0 aliphatic heterocycles. The summed E-state index contributed by atoms with van der Waals surface area (Å²) in [5.74, 6) is -0.225. The summed E-state index contributed by atoms with van der Waals surface area (Å²) in [7, 11) is 0. The van der Waals surface area contributed by atoms with Crippen LogP contribution in [0.2, 0.25) is 0 Å². The first-order valence-corrected chi connectivity index (χ1v) is 7.79. The lowest BCUT2D eigenvalue weighted by molar-refractivity contribution is 0.0696. The molecule has 0 saturated carbocycles. The lowest BCUT2D eigenvalue weighted by Crippen LogP contribution is -2.34. The molecule has 0 fully saturated rings. The van der Waals surface area contributed by atoms with Gasteiger partial charge in [0.2, 0.25) is 0 Å². The Labute approximate surface area is 132 Å². The number of carbonyl (C=O) groups is 2. The predicted octanol–water partition coefficient (Wildman–Crippen LogP) is 3.31. The highest BCUT2D eigenvalue weighted by Gasteiger charge is 2.19. The molecule has 0 aromatic carbocycles. The van der Waals surface area contributed by atoms with E-state index in [1.807, 2.05) is 0 Å². The van der Waals surface area contributed by atoms with E-state index in [4.69, 9.17) is 5.11 Å². The van der Waals surface area contributed by atoms with Crippen LogP contribution in [0.1, 0.15) is 61.4 Å². The fraction of sp³-hybridized carbons (Fsp3) is 0.588. The average Bonchev–Trinajstić information content (AvgIpc) is 2.46. The molecule has 1 N–H and O–H groups in total. The summed E-state index contributed by atoms with van der Waals surface area (Å²) in [4.78, 5) is 29.5. The third kappa shape index (κ3) is 5.84. The Hall–Kier alpha value is -1.91.